The number of ether oxygens (including phenoxy) is 2. The summed E-state index contributed by atoms with van der Waals surface area (Å²) in [6, 6.07) is 14.3. The van der Waals surface area contributed by atoms with Crippen LogP contribution in [0.3, 0.4) is 0 Å². The molecule has 0 saturated heterocycles. The Morgan fingerprint density at radius 1 is 1.03 bits per heavy atom. The van der Waals surface area contributed by atoms with Crippen LogP contribution < -0.4 is 14.8 Å². The number of carbonyl (C=O) groups is 1. The minimum absolute atomic E-state index is 0.110. The molecule has 1 N–H and O–H groups in total. The number of alkyl halides is 3. The molecule has 5 nitrogen and oxygen atoms in total. The monoisotopic (exact) mass is 468 g/mol. The molecule has 0 bridgehead atoms. The van der Waals surface area contributed by atoms with Crippen LogP contribution in [-0.2, 0) is 11.3 Å². The van der Waals surface area contributed by atoms with Crippen LogP contribution in [-0.4, -0.2) is 30.3 Å². The number of fused-ring (bicyclic) bond motifs is 1. The van der Waals surface area contributed by atoms with Gasteiger partial charge < -0.3 is 14.8 Å². The number of benzene rings is 2. The molecule has 3 aromatic rings. The maximum atomic E-state index is 12.2. The van der Waals surface area contributed by atoms with Gasteiger partial charge in [0.2, 0.25) is 5.88 Å². The average molecular weight is 469 g/mol. The summed E-state index contributed by atoms with van der Waals surface area (Å²) >= 11 is 3.41. The van der Waals surface area contributed by atoms with Crippen LogP contribution in [0.15, 0.2) is 59.2 Å². The predicted molar refractivity (Wildman–Crippen MR) is 105 cm³/mol. The number of nitrogens with one attached hydrogen (secondary N) is 1. The lowest BCUT2D eigenvalue weighted by molar-refractivity contribution is -0.154. The molecule has 0 unspecified atom stereocenters. The molecule has 2 aromatic carbocycles. The number of carbonyl (C=O) groups excluding carboxylic acids is 1. The summed E-state index contributed by atoms with van der Waals surface area (Å²) in [5.41, 5.74) is 0.557. The van der Waals surface area contributed by atoms with Crippen molar-refractivity contribution in [2.75, 3.05) is 13.2 Å². The van der Waals surface area contributed by atoms with Crippen LogP contribution in [0.1, 0.15) is 5.56 Å². The first kappa shape index (κ1) is 20.9. The second-order valence-electron chi connectivity index (χ2n) is 6.12. The molecule has 3 rings (SSSR count). The number of halogens is 4. The highest BCUT2D eigenvalue weighted by atomic mass is 79.9. The predicted octanol–water partition coefficient (Wildman–Crippen LogP) is 4.63. The molecule has 0 radical (unpaired) electrons. The van der Waals surface area contributed by atoms with Crippen molar-refractivity contribution in [1.82, 2.24) is 10.3 Å². The lowest BCUT2D eigenvalue weighted by Crippen LogP contribution is -2.28. The number of nitrogens with zero attached hydrogens (tertiary/aromatic N) is 1. The first-order chi connectivity index (χ1) is 13.8. The summed E-state index contributed by atoms with van der Waals surface area (Å²) in [5.74, 6) is 0.0327. The van der Waals surface area contributed by atoms with Crippen LogP contribution in [0, 0.1) is 0 Å². The average Bonchev–Trinajstić information content (AvgIpc) is 2.69. The normalized spacial score (nSPS) is 11.3. The van der Waals surface area contributed by atoms with Gasteiger partial charge in [0.15, 0.2) is 13.2 Å². The van der Waals surface area contributed by atoms with E-state index >= 15 is 0 Å². The van der Waals surface area contributed by atoms with E-state index in [1.54, 1.807) is 12.1 Å². The van der Waals surface area contributed by atoms with E-state index in [0.717, 1.165) is 15.2 Å². The van der Waals surface area contributed by atoms with Crippen molar-refractivity contribution in [2.45, 2.75) is 12.7 Å². The van der Waals surface area contributed by atoms with E-state index in [1.165, 1.54) is 12.3 Å². The van der Waals surface area contributed by atoms with Gasteiger partial charge in [-0.3, -0.25) is 4.79 Å². The van der Waals surface area contributed by atoms with Gasteiger partial charge in [0, 0.05) is 23.3 Å². The van der Waals surface area contributed by atoms with E-state index in [2.05, 4.69) is 31.0 Å². The van der Waals surface area contributed by atoms with E-state index in [-0.39, 0.29) is 24.9 Å². The second kappa shape index (κ2) is 9.13. The highest BCUT2D eigenvalue weighted by Crippen LogP contribution is 2.24. The minimum Gasteiger partial charge on any atom is -0.484 e. The molecule has 0 aliphatic heterocycles. The highest BCUT2D eigenvalue weighted by molar-refractivity contribution is 9.10. The molecule has 152 valence electrons. The SMILES string of the molecule is O=C(COc1ccc2cc(Br)ccc2c1)NCc1ccnc(OCC(F)(F)F)c1. The van der Waals surface area contributed by atoms with E-state index < -0.39 is 12.8 Å². The summed E-state index contributed by atoms with van der Waals surface area (Å²) in [5, 5.41) is 4.66. The fourth-order valence-corrected chi connectivity index (χ4v) is 2.86. The summed E-state index contributed by atoms with van der Waals surface area (Å²) in [4.78, 5) is 15.7. The van der Waals surface area contributed by atoms with Crippen molar-refractivity contribution >= 4 is 32.6 Å². The number of hydrogen-bond donors (Lipinski definition) is 1. The smallest absolute Gasteiger partial charge is 0.422 e. The maximum Gasteiger partial charge on any atom is 0.422 e. The molecule has 1 aromatic heterocycles. The molecule has 0 atom stereocenters. The van der Waals surface area contributed by atoms with Crippen molar-refractivity contribution in [3.63, 3.8) is 0 Å². The van der Waals surface area contributed by atoms with Crippen molar-refractivity contribution in [3.05, 3.63) is 64.8 Å². The first-order valence-corrected chi connectivity index (χ1v) is 9.31. The summed E-state index contributed by atoms with van der Waals surface area (Å²) < 4.78 is 47.7. The lowest BCUT2D eigenvalue weighted by atomic mass is 10.1. The second-order valence-corrected chi connectivity index (χ2v) is 7.04. The number of amides is 1. The van der Waals surface area contributed by atoms with Gasteiger partial charge >= 0.3 is 6.18 Å². The molecular formula is C20H16BrF3N2O3. The molecular weight excluding hydrogens is 453 g/mol. The third-order valence-electron chi connectivity index (χ3n) is 3.82. The Kier molecular flexibility index (Phi) is 6.58. The molecule has 1 heterocycles. The van der Waals surface area contributed by atoms with Gasteiger partial charge in [0.05, 0.1) is 0 Å². The number of hydrogen-bond acceptors (Lipinski definition) is 4. The zero-order valence-corrected chi connectivity index (χ0v) is 16.6. The number of rotatable bonds is 7. The van der Waals surface area contributed by atoms with Crippen LogP contribution in [0.2, 0.25) is 0 Å². The quantitative estimate of drug-likeness (QED) is 0.548. The van der Waals surface area contributed by atoms with Crippen molar-refractivity contribution in [1.29, 1.82) is 0 Å². The molecule has 9 heteroatoms. The molecule has 0 aliphatic carbocycles. The van der Waals surface area contributed by atoms with Gasteiger partial charge in [0.25, 0.3) is 5.91 Å². The zero-order valence-electron chi connectivity index (χ0n) is 15.0. The summed E-state index contributed by atoms with van der Waals surface area (Å²) in [6.07, 6.45) is -3.13. The van der Waals surface area contributed by atoms with Gasteiger partial charge in [-0.1, -0.05) is 28.1 Å². The molecule has 0 spiro atoms. The van der Waals surface area contributed by atoms with Crippen LogP contribution in [0.5, 0.6) is 11.6 Å². The van der Waals surface area contributed by atoms with Crippen molar-refractivity contribution in [3.8, 4) is 11.6 Å². The lowest BCUT2D eigenvalue weighted by Gasteiger charge is -2.10. The Morgan fingerprint density at radius 2 is 1.79 bits per heavy atom. The summed E-state index contributed by atoms with van der Waals surface area (Å²) in [7, 11) is 0. The molecule has 29 heavy (non-hydrogen) atoms. The Balaban J connectivity index is 1.49. The van der Waals surface area contributed by atoms with Gasteiger partial charge in [-0.15, -0.1) is 0 Å². The fourth-order valence-electron chi connectivity index (χ4n) is 2.48. The van der Waals surface area contributed by atoms with Gasteiger partial charge in [-0.05, 0) is 46.7 Å². The Bertz CT molecular complexity index is 1010. The van der Waals surface area contributed by atoms with Crippen molar-refractivity contribution in [2.24, 2.45) is 0 Å². The van der Waals surface area contributed by atoms with Crippen LogP contribution >= 0.6 is 15.9 Å². The largest absolute Gasteiger partial charge is 0.484 e. The zero-order chi connectivity index (χ0) is 20.9. The fraction of sp³-hybridized carbons (Fsp3) is 0.200. The van der Waals surface area contributed by atoms with E-state index in [1.807, 2.05) is 30.3 Å². The van der Waals surface area contributed by atoms with E-state index in [4.69, 9.17) is 4.74 Å². The third-order valence-corrected chi connectivity index (χ3v) is 4.31. The topological polar surface area (TPSA) is 60.5 Å². The Hall–Kier alpha value is -2.81. The van der Waals surface area contributed by atoms with Gasteiger partial charge in [-0.25, -0.2) is 4.98 Å². The van der Waals surface area contributed by atoms with E-state index in [9.17, 15) is 18.0 Å². The van der Waals surface area contributed by atoms with Gasteiger partial charge in [-0.2, -0.15) is 13.2 Å². The number of aromatic nitrogens is 1. The molecule has 0 saturated carbocycles. The Morgan fingerprint density at radius 3 is 2.59 bits per heavy atom. The molecule has 0 aliphatic rings. The Labute approximate surface area is 173 Å². The van der Waals surface area contributed by atoms with Crippen molar-refractivity contribution < 1.29 is 27.4 Å². The van der Waals surface area contributed by atoms with Crippen LogP contribution in [0.25, 0.3) is 10.8 Å². The maximum absolute atomic E-state index is 12.2. The molecule has 0 fully saturated rings. The first-order valence-electron chi connectivity index (χ1n) is 8.52. The third kappa shape index (κ3) is 6.63. The standard InChI is InChI=1S/C20H16BrF3N2O3/c21-16-3-1-15-9-17(4-2-14(15)8-16)28-11-18(27)26-10-13-5-6-25-19(7-13)29-12-20(22,23)24/h1-9H,10-12H2,(H,26,27). The van der Waals surface area contributed by atoms with Gasteiger partial charge in [0.1, 0.15) is 5.75 Å². The minimum atomic E-state index is -4.44. The molecule has 1 amide bonds. The number of pyridine rings is 1. The highest BCUT2D eigenvalue weighted by Gasteiger charge is 2.28. The van der Waals surface area contributed by atoms with Crippen LogP contribution in [0.4, 0.5) is 13.2 Å². The summed E-state index contributed by atoms with van der Waals surface area (Å²) in [6.45, 7) is -1.50. The van der Waals surface area contributed by atoms with E-state index in [0.29, 0.717) is 11.3 Å².